The zero-order valence-corrected chi connectivity index (χ0v) is 12.5. The normalized spacial score (nSPS) is 10.2. The highest BCUT2D eigenvalue weighted by atomic mass is 79.9. The summed E-state index contributed by atoms with van der Waals surface area (Å²) in [6.07, 6.45) is 0. The molecule has 0 aliphatic carbocycles. The number of halogens is 2. The predicted molar refractivity (Wildman–Crippen MR) is 81.2 cm³/mol. The molecule has 0 unspecified atom stereocenters. The molecule has 1 N–H and O–H groups in total. The average Bonchev–Trinajstić information content (AvgIpc) is 2.47. The molecule has 0 aliphatic heterocycles. The maximum Gasteiger partial charge on any atom is 0.269 e. The quantitative estimate of drug-likeness (QED) is 0.484. The Bertz CT molecular complexity index is 635. The SMILES string of the molecule is O=[N+]([O-])c1ccc(OCCNc2ccc(Br)c(F)c2)cc1. The van der Waals surface area contributed by atoms with Crippen molar-refractivity contribution in [2.75, 3.05) is 18.5 Å². The monoisotopic (exact) mass is 354 g/mol. The zero-order chi connectivity index (χ0) is 15.2. The number of hydrogen-bond acceptors (Lipinski definition) is 4. The summed E-state index contributed by atoms with van der Waals surface area (Å²) in [5, 5.41) is 13.5. The molecule has 0 aliphatic rings. The van der Waals surface area contributed by atoms with Crippen LogP contribution in [-0.4, -0.2) is 18.1 Å². The van der Waals surface area contributed by atoms with Gasteiger partial charge in [-0.1, -0.05) is 0 Å². The molecule has 0 radical (unpaired) electrons. The lowest BCUT2D eigenvalue weighted by Crippen LogP contribution is -2.11. The number of nitro groups is 1. The Labute approximate surface area is 129 Å². The Balaban J connectivity index is 1.79. The predicted octanol–water partition coefficient (Wildman–Crippen LogP) is 3.99. The molecule has 2 aromatic carbocycles. The van der Waals surface area contributed by atoms with Gasteiger partial charge in [-0.3, -0.25) is 10.1 Å². The summed E-state index contributed by atoms with van der Waals surface area (Å²) in [4.78, 5) is 10.0. The largest absolute Gasteiger partial charge is 0.492 e. The van der Waals surface area contributed by atoms with Crippen molar-refractivity contribution in [3.63, 3.8) is 0 Å². The standard InChI is InChI=1S/C14H12BrFN2O3/c15-13-6-1-10(9-14(13)16)17-7-8-21-12-4-2-11(3-5-12)18(19)20/h1-6,9,17H,7-8H2. The van der Waals surface area contributed by atoms with E-state index >= 15 is 0 Å². The van der Waals surface area contributed by atoms with Crippen molar-refractivity contribution in [1.82, 2.24) is 0 Å². The molecule has 7 heteroatoms. The van der Waals surface area contributed by atoms with E-state index < -0.39 is 4.92 Å². The lowest BCUT2D eigenvalue weighted by atomic mass is 10.3. The first-order valence-corrected chi connectivity index (χ1v) is 6.92. The van der Waals surface area contributed by atoms with Gasteiger partial charge in [0.15, 0.2) is 0 Å². The zero-order valence-electron chi connectivity index (χ0n) is 10.9. The van der Waals surface area contributed by atoms with E-state index in [4.69, 9.17) is 4.74 Å². The Hall–Kier alpha value is -2.15. The van der Waals surface area contributed by atoms with Crippen LogP contribution in [0.1, 0.15) is 0 Å². The van der Waals surface area contributed by atoms with Gasteiger partial charge in [-0.2, -0.15) is 0 Å². The van der Waals surface area contributed by atoms with Crippen molar-refractivity contribution >= 4 is 27.3 Å². The second-order valence-corrected chi connectivity index (χ2v) is 5.01. The minimum atomic E-state index is -0.465. The van der Waals surface area contributed by atoms with Gasteiger partial charge in [0.2, 0.25) is 0 Å². The molecule has 0 saturated heterocycles. The molecule has 2 rings (SSSR count). The third-order valence-corrected chi connectivity index (χ3v) is 3.31. The number of benzene rings is 2. The molecular weight excluding hydrogens is 343 g/mol. The number of nitrogens with zero attached hydrogens (tertiary/aromatic N) is 1. The molecule has 0 amide bonds. The van der Waals surface area contributed by atoms with Crippen LogP contribution in [0.25, 0.3) is 0 Å². The van der Waals surface area contributed by atoms with E-state index in [0.29, 0.717) is 29.1 Å². The summed E-state index contributed by atoms with van der Waals surface area (Å²) in [7, 11) is 0. The fourth-order valence-electron chi connectivity index (χ4n) is 1.63. The summed E-state index contributed by atoms with van der Waals surface area (Å²) < 4.78 is 19.1. The van der Waals surface area contributed by atoms with Gasteiger partial charge in [0, 0.05) is 24.4 Å². The molecule has 0 atom stereocenters. The number of ether oxygens (including phenoxy) is 1. The summed E-state index contributed by atoms with van der Waals surface area (Å²) in [5.74, 6) is 0.209. The van der Waals surface area contributed by atoms with E-state index in [1.54, 1.807) is 12.1 Å². The van der Waals surface area contributed by atoms with Crippen molar-refractivity contribution in [2.24, 2.45) is 0 Å². The Morgan fingerprint density at radius 1 is 1.24 bits per heavy atom. The van der Waals surface area contributed by atoms with Crippen LogP contribution in [0.2, 0.25) is 0 Å². The highest BCUT2D eigenvalue weighted by Crippen LogP contribution is 2.19. The van der Waals surface area contributed by atoms with Crippen LogP contribution in [0.5, 0.6) is 5.75 Å². The topological polar surface area (TPSA) is 64.4 Å². The van der Waals surface area contributed by atoms with Crippen LogP contribution in [0.15, 0.2) is 46.9 Å². The van der Waals surface area contributed by atoms with Gasteiger partial charge in [0.05, 0.1) is 9.40 Å². The molecule has 0 bridgehead atoms. The van der Waals surface area contributed by atoms with E-state index in [0.717, 1.165) is 0 Å². The summed E-state index contributed by atoms with van der Waals surface area (Å²) >= 11 is 3.08. The van der Waals surface area contributed by atoms with Crippen LogP contribution in [0.3, 0.4) is 0 Å². The molecule has 0 fully saturated rings. The summed E-state index contributed by atoms with van der Waals surface area (Å²) in [6.45, 7) is 0.841. The molecule has 0 saturated carbocycles. The highest BCUT2D eigenvalue weighted by molar-refractivity contribution is 9.10. The van der Waals surface area contributed by atoms with E-state index in [1.807, 2.05) is 0 Å². The maximum atomic E-state index is 13.3. The molecule has 2 aromatic rings. The Kier molecular flexibility index (Phi) is 5.10. The van der Waals surface area contributed by atoms with Crippen molar-refractivity contribution in [2.45, 2.75) is 0 Å². The van der Waals surface area contributed by atoms with E-state index in [-0.39, 0.29) is 11.5 Å². The minimum Gasteiger partial charge on any atom is -0.492 e. The smallest absolute Gasteiger partial charge is 0.269 e. The fourth-order valence-corrected chi connectivity index (χ4v) is 1.88. The summed E-state index contributed by atoms with van der Waals surface area (Å²) in [6, 6.07) is 10.6. The maximum absolute atomic E-state index is 13.3. The Morgan fingerprint density at radius 3 is 2.57 bits per heavy atom. The molecular formula is C14H12BrFN2O3. The van der Waals surface area contributed by atoms with Crippen LogP contribution >= 0.6 is 15.9 Å². The molecule has 110 valence electrons. The number of hydrogen-bond donors (Lipinski definition) is 1. The van der Waals surface area contributed by atoms with Gasteiger partial charge in [-0.05, 0) is 46.3 Å². The van der Waals surface area contributed by atoms with E-state index in [1.165, 1.54) is 30.3 Å². The second-order valence-electron chi connectivity index (χ2n) is 4.16. The van der Waals surface area contributed by atoms with Gasteiger partial charge < -0.3 is 10.1 Å². The van der Waals surface area contributed by atoms with Gasteiger partial charge >= 0.3 is 0 Å². The third-order valence-electron chi connectivity index (χ3n) is 2.67. The summed E-state index contributed by atoms with van der Waals surface area (Å²) in [5.41, 5.74) is 0.675. The number of rotatable bonds is 6. The van der Waals surface area contributed by atoms with Crippen LogP contribution in [-0.2, 0) is 0 Å². The third kappa shape index (κ3) is 4.42. The first-order chi connectivity index (χ1) is 10.1. The molecule has 0 aromatic heterocycles. The van der Waals surface area contributed by atoms with Crippen LogP contribution in [0, 0.1) is 15.9 Å². The minimum absolute atomic E-state index is 0.0193. The first kappa shape index (κ1) is 15.2. The number of nitro benzene ring substituents is 1. The van der Waals surface area contributed by atoms with Crippen molar-refractivity contribution in [1.29, 1.82) is 0 Å². The van der Waals surface area contributed by atoms with E-state index in [2.05, 4.69) is 21.2 Å². The lowest BCUT2D eigenvalue weighted by molar-refractivity contribution is -0.384. The van der Waals surface area contributed by atoms with Crippen molar-refractivity contribution in [3.05, 3.63) is 62.9 Å². The first-order valence-electron chi connectivity index (χ1n) is 6.12. The van der Waals surface area contributed by atoms with Gasteiger partial charge in [-0.15, -0.1) is 0 Å². The van der Waals surface area contributed by atoms with Crippen LogP contribution < -0.4 is 10.1 Å². The molecule has 21 heavy (non-hydrogen) atoms. The fraction of sp³-hybridized carbons (Fsp3) is 0.143. The number of non-ortho nitro benzene ring substituents is 1. The van der Waals surface area contributed by atoms with Gasteiger partial charge in [0.25, 0.3) is 5.69 Å². The molecule has 5 nitrogen and oxygen atoms in total. The second kappa shape index (κ2) is 7.03. The van der Waals surface area contributed by atoms with Gasteiger partial charge in [0.1, 0.15) is 18.2 Å². The average molecular weight is 355 g/mol. The molecule has 0 heterocycles. The Morgan fingerprint density at radius 2 is 1.95 bits per heavy atom. The number of nitrogens with one attached hydrogen (secondary N) is 1. The van der Waals surface area contributed by atoms with Crippen LogP contribution in [0.4, 0.5) is 15.8 Å². The van der Waals surface area contributed by atoms with Crippen molar-refractivity contribution < 1.29 is 14.1 Å². The molecule has 0 spiro atoms. The van der Waals surface area contributed by atoms with Gasteiger partial charge in [-0.25, -0.2) is 4.39 Å². The van der Waals surface area contributed by atoms with E-state index in [9.17, 15) is 14.5 Å². The highest BCUT2D eigenvalue weighted by Gasteiger charge is 2.04. The van der Waals surface area contributed by atoms with Crippen molar-refractivity contribution in [3.8, 4) is 5.75 Å². The number of anilines is 1. The lowest BCUT2D eigenvalue weighted by Gasteiger charge is -2.09.